The third kappa shape index (κ3) is 2.34. The van der Waals surface area contributed by atoms with Gasteiger partial charge in [0, 0.05) is 6.04 Å². The predicted octanol–water partition coefficient (Wildman–Crippen LogP) is 1.43. The summed E-state index contributed by atoms with van der Waals surface area (Å²) in [5.41, 5.74) is 0.148. The van der Waals surface area contributed by atoms with Crippen molar-refractivity contribution in [3.05, 3.63) is 0 Å². The van der Waals surface area contributed by atoms with E-state index in [9.17, 15) is 8.42 Å². The molecule has 0 aromatic carbocycles. The van der Waals surface area contributed by atoms with Gasteiger partial charge in [0.25, 0.3) is 0 Å². The maximum atomic E-state index is 11.4. The van der Waals surface area contributed by atoms with E-state index in [4.69, 9.17) is 4.18 Å². The lowest BCUT2D eigenvalue weighted by molar-refractivity contribution is 0.0446. The Balaban J connectivity index is 2.20. The topological polar surface area (TPSA) is 55.4 Å². The Morgan fingerprint density at radius 3 is 2.53 bits per heavy atom. The van der Waals surface area contributed by atoms with Crippen LogP contribution in [0, 0.1) is 11.3 Å². The van der Waals surface area contributed by atoms with Gasteiger partial charge in [-0.1, -0.05) is 20.8 Å². The summed E-state index contributed by atoms with van der Waals surface area (Å²) in [6.07, 6.45) is 2.63. The third-order valence-corrected chi connectivity index (χ3v) is 4.59. The van der Waals surface area contributed by atoms with Crippen LogP contribution in [0.3, 0.4) is 0 Å². The molecule has 2 rings (SSSR count). The van der Waals surface area contributed by atoms with Crippen LogP contribution in [0.25, 0.3) is 0 Å². The lowest BCUT2D eigenvalue weighted by atomic mass is 9.69. The number of fused-ring (bicyclic) bond motifs is 2. The number of hydrogen-bond donors (Lipinski definition) is 1. The molecule has 1 heterocycles. The minimum absolute atomic E-state index is 0.0579. The van der Waals surface area contributed by atoms with Crippen molar-refractivity contribution in [2.45, 2.75) is 52.2 Å². The average molecular weight is 233 g/mol. The molecular weight excluding hydrogens is 214 g/mol. The lowest BCUT2D eigenvalue weighted by Gasteiger charge is -2.45. The summed E-state index contributed by atoms with van der Waals surface area (Å²) in [4.78, 5) is 0. The molecule has 15 heavy (non-hydrogen) atoms. The van der Waals surface area contributed by atoms with E-state index in [1.165, 1.54) is 0 Å². The molecule has 0 amide bonds. The molecule has 0 aromatic rings. The summed E-state index contributed by atoms with van der Waals surface area (Å²) in [5, 5.41) is 0. The van der Waals surface area contributed by atoms with E-state index in [0.717, 1.165) is 19.3 Å². The van der Waals surface area contributed by atoms with E-state index in [1.807, 2.05) is 0 Å². The van der Waals surface area contributed by atoms with Crippen LogP contribution in [0.1, 0.15) is 40.0 Å². The highest BCUT2D eigenvalue weighted by Gasteiger charge is 2.44. The smallest absolute Gasteiger partial charge is 0.255 e. The minimum Gasteiger partial charge on any atom is -0.255 e. The van der Waals surface area contributed by atoms with Crippen LogP contribution < -0.4 is 4.72 Å². The zero-order valence-corrected chi connectivity index (χ0v) is 10.3. The normalized spacial score (nSPS) is 40.1. The average Bonchev–Trinajstić information content (AvgIpc) is 1.97. The molecule has 1 saturated carbocycles. The Kier molecular flexibility index (Phi) is 2.60. The molecule has 1 saturated heterocycles. The second kappa shape index (κ2) is 3.43. The van der Waals surface area contributed by atoms with Crippen molar-refractivity contribution in [3.63, 3.8) is 0 Å². The van der Waals surface area contributed by atoms with Crippen molar-refractivity contribution >= 4 is 10.3 Å². The summed E-state index contributed by atoms with van der Waals surface area (Å²) >= 11 is 0. The second-order valence-corrected chi connectivity index (χ2v) is 7.02. The van der Waals surface area contributed by atoms with Crippen molar-refractivity contribution in [2.24, 2.45) is 11.3 Å². The van der Waals surface area contributed by atoms with Gasteiger partial charge in [-0.3, -0.25) is 4.18 Å². The molecule has 0 radical (unpaired) electrons. The molecule has 1 aliphatic carbocycles. The molecule has 0 spiro atoms. The highest BCUT2D eigenvalue weighted by molar-refractivity contribution is 7.84. The maximum absolute atomic E-state index is 11.4. The molecule has 1 aliphatic heterocycles. The molecule has 4 nitrogen and oxygen atoms in total. The van der Waals surface area contributed by atoms with Gasteiger partial charge in [0.2, 0.25) is 0 Å². The fourth-order valence-corrected chi connectivity index (χ4v) is 4.00. The molecule has 2 aliphatic rings. The Morgan fingerprint density at radius 1 is 1.27 bits per heavy atom. The van der Waals surface area contributed by atoms with Crippen LogP contribution in [0.15, 0.2) is 0 Å². The van der Waals surface area contributed by atoms with Crippen molar-refractivity contribution in [1.82, 2.24) is 4.72 Å². The van der Waals surface area contributed by atoms with Gasteiger partial charge in [-0.25, -0.2) is 0 Å². The second-order valence-electron chi connectivity index (χ2n) is 5.68. The molecular formula is C10H19NO3S. The third-order valence-electron chi connectivity index (χ3n) is 3.47. The van der Waals surface area contributed by atoms with Crippen molar-refractivity contribution < 1.29 is 12.6 Å². The van der Waals surface area contributed by atoms with Gasteiger partial charge in [-0.15, -0.1) is 0 Å². The van der Waals surface area contributed by atoms with Crippen molar-refractivity contribution in [1.29, 1.82) is 0 Å². The first-order chi connectivity index (χ1) is 6.78. The zero-order valence-electron chi connectivity index (χ0n) is 9.49. The quantitative estimate of drug-likeness (QED) is 0.688. The summed E-state index contributed by atoms with van der Waals surface area (Å²) < 4.78 is 30.4. The fourth-order valence-electron chi connectivity index (χ4n) is 2.78. The highest BCUT2D eigenvalue weighted by atomic mass is 32.2. The van der Waals surface area contributed by atoms with Crippen LogP contribution in [0.2, 0.25) is 0 Å². The van der Waals surface area contributed by atoms with E-state index < -0.39 is 10.3 Å². The van der Waals surface area contributed by atoms with E-state index in [0.29, 0.717) is 5.92 Å². The van der Waals surface area contributed by atoms with E-state index >= 15 is 0 Å². The molecule has 2 bridgehead atoms. The van der Waals surface area contributed by atoms with Crippen LogP contribution in [0.5, 0.6) is 0 Å². The highest BCUT2D eigenvalue weighted by Crippen LogP contribution is 2.41. The Hall–Kier alpha value is -0.130. The molecule has 1 N–H and O–H groups in total. The Bertz CT molecular complexity index is 344. The van der Waals surface area contributed by atoms with E-state index in [1.54, 1.807) is 0 Å². The van der Waals surface area contributed by atoms with Crippen LogP contribution in [0.4, 0.5) is 0 Å². The molecule has 5 heteroatoms. The van der Waals surface area contributed by atoms with Gasteiger partial charge in [0.15, 0.2) is 0 Å². The molecule has 3 atom stereocenters. The van der Waals surface area contributed by atoms with Gasteiger partial charge in [-0.2, -0.15) is 13.1 Å². The zero-order chi connectivity index (χ0) is 11.3. The summed E-state index contributed by atoms with van der Waals surface area (Å²) in [6, 6.07) is 0.0579. The molecule has 0 unspecified atom stereocenters. The number of hydrogen-bond acceptors (Lipinski definition) is 3. The Labute approximate surface area is 91.6 Å². The minimum atomic E-state index is -3.49. The SMILES string of the molecule is CC(C)(C)[C@@H]1CC[C@H]2C[C@@H]1NS(=O)(=O)O2. The van der Waals surface area contributed by atoms with Gasteiger partial charge >= 0.3 is 10.3 Å². The van der Waals surface area contributed by atoms with E-state index in [2.05, 4.69) is 25.5 Å². The number of nitrogens with one attached hydrogen (secondary N) is 1. The standard InChI is InChI=1S/C10H19NO3S/c1-10(2,3)8-5-4-7-6-9(8)11-15(12,13)14-7/h7-9,11H,4-6H2,1-3H3/t7-,8+,9-/m0/s1. The molecule has 0 aromatic heterocycles. The first-order valence-corrected chi connectivity index (χ1v) is 6.89. The lowest BCUT2D eigenvalue weighted by Crippen LogP contribution is -2.55. The van der Waals surface area contributed by atoms with Crippen molar-refractivity contribution in [3.8, 4) is 0 Å². The fraction of sp³-hybridized carbons (Fsp3) is 1.00. The van der Waals surface area contributed by atoms with E-state index in [-0.39, 0.29) is 17.6 Å². The molecule has 2 fully saturated rings. The predicted molar refractivity (Wildman–Crippen MR) is 57.5 cm³/mol. The first kappa shape index (κ1) is 11.4. The van der Waals surface area contributed by atoms with Gasteiger partial charge in [0.05, 0.1) is 6.10 Å². The monoisotopic (exact) mass is 233 g/mol. The summed E-state index contributed by atoms with van der Waals surface area (Å²) in [7, 11) is -3.49. The molecule has 88 valence electrons. The largest absolute Gasteiger partial charge is 0.336 e. The number of rotatable bonds is 0. The van der Waals surface area contributed by atoms with Gasteiger partial charge in [-0.05, 0) is 30.6 Å². The van der Waals surface area contributed by atoms with Crippen LogP contribution in [-0.4, -0.2) is 20.6 Å². The van der Waals surface area contributed by atoms with Crippen LogP contribution in [-0.2, 0) is 14.5 Å². The van der Waals surface area contributed by atoms with Crippen molar-refractivity contribution in [2.75, 3.05) is 0 Å². The van der Waals surface area contributed by atoms with Gasteiger partial charge in [0.1, 0.15) is 0 Å². The first-order valence-electron chi connectivity index (χ1n) is 5.48. The van der Waals surface area contributed by atoms with Gasteiger partial charge < -0.3 is 0 Å². The summed E-state index contributed by atoms with van der Waals surface area (Å²) in [6.45, 7) is 6.51. The maximum Gasteiger partial charge on any atom is 0.336 e. The van der Waals surface area contributed by atoms with Crippen LogP contribution >= 0.6 is 0 Å². The Morgan fingerprint density at radius 2 is 1.93 bits per heavy atom. The summed E-state index contributed by atoms with van der Waals surface area (Å²) in [5.74, 6) is 0.410.